The van der Waals surface area contributed by atoms with E-state index in [-0.39, 0.29) is 57.9 Å². The Hall–Kier alpha value is -0.600. The van der Waals surface area contributed by atoms with Gasteiger partial charge in [0.05, 0.1) is 5.39 Å². The van der Waals surface area contributed by atoms with E-state index in [2.05, 4.69) is 10.2 Å². The number of rotatable bonds is 6. The van der Waals surface area contributed by atoms with Gasteiger partial charge in [0.25, 0.3) is 11.5 Å². The van der Waals surface area contributed by atoms with Gasteiger partial charge in [-0.3, -0.25) is 14.2 Å². The predicted molar refractivity (Wildman–Crippen MR) is 113 cm³/mol. The summed E-state index contributed by atoms with van der Waals surface area (Å²) in [5, 5.41) is 15.7. The van der Waals surface area contributed by atoms with Crippen molar-refractivity contribution in [2.75, 3.05) is 26.2 Å². The molecule has 1 saturated heterocycles. The number of aromatic nitrogens is 1. The molecule has 2 aromatic rings. The zero-order chi connectivity index (χ0) is 18.7. The van der Waals surface area contributed by atoms with Gasteiger partial charge in [-0.1, -0.05) is 6.42 Å². The number of nitrogens with zero attached hydrogens (tertiary/aromatic N) is 2. The molecule has 2 aromatic heterocycles. The van der Waals surface area contributed by atoms with Crippen LogP contribution < -0.4 is 10.9 Å². The third-order valence-corrected chi connectivity index (χ3v) is 5.83. The van der Waals surface area contributed by atoms with Gasteiger partial charge in [-0.2, -0.15) is 0 Å². The maximum atomic E-state index is 12.8. The number of pyridine rings is 1. The van der Waals surface area contributed by atoms with Crippen LogP contribution in [0.1, 0.15) is 58.8 Å². The van der Waals surface area contributed by atoms with Crippen LogP contribution >= 0.6 is 11.3 Å². The van der Waals surface area contributed by atoms with Gasteiger partial charge in [-0.25, -0.2) is 0 Å². The first kappa shape index (κ1) is 22.7. The molecule has 0 bridgehead atoms. The second-order valence-electron chi connectivity index (χ2n) is 7.14. The van der Waals surface area contributed by atoms with Gasteiger partial charge in [-0.05, 0) is 64.2 Å². The molecule has 2 N–H and O–H groups in total. The third kappa shape index (κ3) is 5.07. The summed E-state index contributed by atoms with van der Waals surface area (Å²) >= 11 is 1.39. The molecule has 1 aliphatic rings. The van der Waals surface area contributed by atoms with Gasteiger partial charge >= 0.3 is 37.7 Å². The fraction of sp³-hybridized carbons (Fsp3) is 0.579. The number of thiophene rings is 1. The normalized spacial score (nSPS) is 15.1. The second-order valence-corrected chi connectivity index (χ2v) is 8.04. The Kier molecular flexibility index (Phi) is 8.62. The third-order valence-electron chi connectivity index (χ3n) is 4.92. The van der Waals surface area contributed by atoms with Crippen LogP contribution in [0.15, 0.2) is 16.2 Å². The van der Waals surface area contributed by atoms with Crippen molar-refractivity contribution in [3.05, 3.63) is 27.4 Å². The Morgan fingerprint density at radius 1 is 1.33 bits per heavy atom. The molecule has 1 fully saturated rings. The minimum absolute atomic E-state index is 0. The summed E-state index contributed by atoms with van der Waals surface area (Å²) in [7, 11) is 0. The molecule has 0 atom stereocenters. The van der Waals surface area contributed by atoms with Gasteiger partial charge in [0, 0.05) is 12.6 Å². The summed E-state index contributed by atoms with van der Waals surface area (Å²) in [5.41, 5.74) is -0.580. The quantitative estimate of drug-likeness (QED) is 0.558. The Labute approximate surface area is 196 Å². The fourth-order valence-electron chi connectivity index (χ4n) is 3.57. The maximum Gasteiger partial charge on any atom is 2.00 e. The van der Waals surface area contributed by atoms with Gasteiger partial charge < -0.3 is 18.2 Å². The number of likely N-dealkylation sites (tertiary alicyclic amines) is 1. The largest absolute Gasteiger partial charge is 2.00 e. The minimum Gasteiger partial charge on any atom is -1.00 e. The number of hydrogen-bond donors (Lipinski definition) is 2. The summed E-state index contributed by atoms with van der Waals surface area (Å²) in [6.45, 7) is 7.50. The van der Waals surface area contributed by atoms with Crippen molar-refractivity contribution in [1.29, 1.82) is 0 Å². The Balaban J connectivity index is 0.00000261. The molecule has 6 nitrogen and oxygen atoms in total. The van der Waals surface area contributed by atoms with E-state index in [1.54, 1.807) is 10.6 Å². The van der Waals surface area contributed by atoms with Crippen LogP contribution in [-0.4, -0.2) is 84.4 Å². The van der Waals surface area contributed by atoms with Crippen molar-refractivity contribution in [3.63, 3.8) is 0 Å². The van der Waals surface area contributed by atoms with Crippen molar-refractivity contribution in [3.8, 4) is 5.75 Å². The van der Waals surface area contributed by atoms with Crippen molar-refractivity contribution < 1.29 is 12.8 Å². The molecule has 0 aliphatic carbocycles. The molecule has 0 radical (unpaired) electrons. The van der Waals surface area contributed by atoms with Gasteiger partial charge in [0.1, 0.15) is 16.1 Å². The van der Waals surface area contributed by atoms with E-state index in [0.29, 0.717) is 16.8 Å². The molecule has 0 spiro atoms. The van der Waals surface area contributed by atoms with E-state index in [1.807, 2.05) is 19.2 Å². The number of nitrogens with one attached hydrogen (secondary N) is 1. The van der Waals surface area contributed by atoms with Crippen LogP contribution in [0.2, 0.25) is 0 Å². The smallest absolute Gasteiger partial charge is 1.00 e. The Morgan fingerprint density at radius 2 is 2.04 bits per heavy atom. The molecule has 0 aromatic carbocycles. The van der Waals surface area contributed by atoms with Crippen molar-refractivity contribution >= 4 is 65.2 Å². The maximum absolute atomic E-state index is 12.8. The molecule has 1 aliphatic heterocycles. The first-order valence-electron chi connectivity index (χ1n) is 9.36. The molecule has 8 heteroatoms. The average molecular weight is 420 g/mol. The van der Waals surface area contributed by atoms with Crippen LogP contribution in [-0.2, 0) is 0 Å². The van der Waals surface area contributed by atoms with Crippen LogP contribution in [0.25, 0.3) is 10.2 Å². The number of fused-ring (bicyclic) bond motifs is 1. The SMILES string of the molecule is CC(C)n1c(=O)c(C(=O)NCCCN2CCCCC2)c(O)c2ccsc21.[Ca+2].[H-].[H-]. The standard InChI is InChI=1S/C19H27N3O3S.Ca.2H/c1-13(2)22-18(25)15(16(23)14-7-12-26-19(14)22)17(24)20-8-6-11-21-9-4-3-5-10-21;;;/h7,12-13,23H,3-6,8-11H2,1-2H3,(H,20,24);;;/q;+2;2*-1. The minimum atomic E-state index is -0.492. The number of piperidine rings is 1. The summed E-state index contributed by atoms with van der Waals surface area (Å²) in [6, 6.07) is 1.66. The first-order valence-corrected chi connectivity index (χ1v) is 10.2. The molecule has 3 heterocycles. The topological polar surface area (TPSA) is 74.6 Å². The van der Waals surface area contributed by atoms with Crippen LogP contribution in [0.4, 0.5) is 0 Å². The summed E-state index contributed by atoms with van der Waals surface area (Å²) < 4.78 is 1.59. The summed E-state index contributed by atoms with van der Waals surface area (Å²) in [6.07, 6.45) is 4.64. The zero-order valence-corrected chi connectivity index (χ0v) is 19.2. The Morgan fingerprint density at radius 3 is 2.70 bits per heavy atom. The molecule has 1 amide bonds. The number of aromatic hydroxyl groups is 1. The monoisotopic (exact) mass is 419 g/mol. The average Bonchev–Trinajstić information content (AvgIpc) is 3.09. The Bertz CT molecular complexity index is 851. The molecular weight excluding hydrogens is 390 g/mol. The number of carbonyl (C=O) groups excluding carboxylic acids is 1. The van der Waals surface area contributed by atoms with Gasteiger partial charge in [-0.15, -0.1) is 11.3 Å². The fourth-order valence-corrected chi connectivity index (χ4v) is 4.60. The molecule has 0 saturated carbocycles. The van der Waals surface area contributed by atoms with Crippen molar-refractivity contribution in [1.82, 2.24) is 14.8 Å². The van der Waals surface area contributed by atoms with Crippen LogP contribution in [0, 0.1) is 0 Å². The van der Waals surface area contributed by atoms with Crippen LogP contribution in [0.5, 0.6) is 5.75 Å². The van der Waals surface area contributed by atoms with E-state index in [4.69, 9.17) is 0 Å². The van der Waals surface area contributed by atoms with E-state index in [9.17, 15) is 14.7 Å². The van der Waals surface area contributed by atoms with Gasteiger partial charge in [0.15, 0.2) is 0 Å². The van der Waals surface area contributed by atoms with Crippen molar-refractivity contribution in [2.45, 2.75) is 45.6 Å². The zero-order valence-electron chi connectivity index (χ0n) is 18.2. The van der Waals surface area contributed by atoms with E-state index >= 15 is 0 Å². The molecule has 3 rings (SSSR count). The molecule has 146 valence electrons. The molecule has 27 heavy (non-hydrogen) atoms. The van der Waals surface area contributed by atoms with E-state index in [1.165, 1.54) is 30.6 Å². The van der Waals surface area contributed by atoms with Crippen LogP contribution in [0.3, 0.4) is 0 Å². The summed E-state index contributed by atoms with van der Waals surface area (Å²) in [4.78, 5) is 28.5. The molecular formula is C19H29CaN3O3S. The van der Waals surface area contributed by atoms with Crippen molar-refractivity contribution in [2.24, 2.45) is 0 Å². The number of carbonyl (C=O) groups is 1. The first-order chi connectivity index (χ1) is 12.5. The van der Waals surface area contributed by atoms with E-state index < -0.39 is 11.5 Å². The second kappa shape index (κ2) is 10.3. The van der Waals surface area contributed by atoms with Gasteiger partial charge in [0.2, 0.25) is 0 Å². The number of hydrogen-bond acceptors (Lipinski definition) is 5. The number of amides is 1. The molecule has 0 unspecified atom stereocenters. The predicted octanol–water partition coefficient (Wildman–Crippen LogP) is 2.80. The van der Waals surface area contributed by atoms with E-state index in [0.717, 1.165) is 26.1 Å². The summed E-state index contributed by atoms with van der Waals surface area (Å²) in [5.74, 6) is -0.703.